The SMILES string of the molecule is COc1ccc(S(=O)(=O)NCc2cccc(Br)c2)cc1Br. The molecule has 0 saturated heterocycles. The normalized spacial score (nSPS) is 11.4. The zero-order chi connectivity index (χ0) is 15.5. The summed E-state index contributed by atoms with van der Waals surface area (Å²) in [7, 11) is -2.04. The molecular formula is C14H13Br2NO3S. The Balaban J connectivity index is 2.17. The molecule has 0 radical (unpaired) electrons. The van der Waals surface area contributed by atoms with Gasteiger partial charge < -0.3 is 4.74 Å². The minimum absolute atomic E-state index is 0.185. The second-order valence-corrected chi connectivity index (χ2v) is 7.79. The zero-order valence-corrected chi connectivity index (χ0v) is 15.1. The lowest BCUT2D eigenvalue weighted by Gasteiger charge is -2.09. The van der Waals surface area contributed by atoms with Gasteiger partial charge in [0.15, 0.2) is 0 Å². The Labute approximate surface area is 140 Å². The number of methoxy groups -OCH3 is 1. The molecule has 0 atom stereocenters. The monoisotopic (exact) mass is 433 g/mol. The maximum Gasteiger partial charge on any atom is 0.240 e. The molecule has 21 heavy (non-hydrogen) atoms. The number of benzene rings is 2. The first kappa shape index (κ1) is 16.5. The number of halogens is 2. The topological polar surface area (TPSA) is 55.4 Å². The number of hydrogen-bond acceptors (Lipinski definition) is 3. The highest BCUT2D eigenvalue weighted by Crippen LogP contribution is 2.27. The van der Waals surface area contributed by atoms with Crippen molar-refractivity contribution in [3.05, 3.63) is 57.0 Å². The van der Waals surface area contributed by atoms with Gasteiger partial charge in [-0.1, -0.05) is 28.1 Å². The Hall–Kier alpha value is -0.890. The van der Waals surface area contributed by atoms with E-state index in [1.165, 1.54) is 19.2 Å². The molecule has 0 spiro atoms. The standard InChI is InChI=1S/C14H13Br2NO3S/c1-20-14-6-5-12(8-13(14)16)21(18,19)17-9-10-3-2-4-11(15)7-10/h2-8,17H,9H2,1H3. The van der Waals surface area contributed by atoms with Crippen molar-refractivity contribution in [1.82, 2.24) is 4.72 Å². The summed E-state index contributed by atoms with van der Waals surface area (Å²) >= 11 is 6.64. The number of rotatable bonds is 5. The lowest BCUT2D eigenvalue weighted by molar-refractivity contribution is 0.411. The minimum atomic E-state index is -3.57. The van der Waals surface area contributed by atoms with Crippen molar-refractivity contribution in [3.63, 3.8) is 0 Å². The molecule has 7 heteroatoms. The van der Waals surface area contributed by atoms with Crippen molar-refractivity contribution in [2.24, 2.45) is 0 Å². The van der Waals surface area contributed by atoms with Crippen LogP contribution in [0.4, 0.5) is 0 Å². The van der Waals surface area contributed by atoms with E-state index >= 15 is 0 Å². The molecule has 1 N–H and O–H groups in total. The first-order valence-corrected chi connectivity index (χ1v) is 9.07. The summed E-state index contributed by atoms with van der Waals surface area (Å²) in [4.78, 5) is 0.185. The molecule has 4 nitrogen and oxygen atoms in total. The van der Waals surface area contributed by atoms with Crippen molar-refractivity contribution in [2.45, 2.75) is 11.4 Å². The summed E-state index contributed by atoms with van der Waals surface area (Å²) in [6.07, 6.45) is 0. The van der Waals surface area contributed by atoms with Crippen LogP contribution in [0, 0.1) is 0 Å². The van der Waals surface area contributed by atoms with Crippen molar-refractivity contribution >= 4 is 41.9 Å². The van der Waals surface area contributed by atoms with Gasteiger partial charge in [0.2, 0.25) is 10.0 Å². The lowest BCUT2D eigenvalue weighted by atomic mass is 10.2. The van der Waals surface area contributed by atoms with E-state index in [1.807, 2.05) is 24.3 Å². The molecule has 0 aliphatic carbocycles. The predicted octanol–water partition coefficient (Wildman–Crippen LogP) is 3.70. The van der Waals surface area contributed by atoms with Crippen LogP contribution in [-0.4, -0.2) is 15.5 Å². The summed E-state index contributed by atoms with van der Waals surface area (Å²) in [6, 6.07) is 12.1. The first-order valence-electron chi connectivity index (χ1n) is 6.00. The smallest absolute Gasteiger partial charge is 0.240 e. The van der Waals surface area contributed by atoms with E-state index in [4.69, 9.17) is 4.74 Å². The molecule has 2 aromatic carbocycles. The predicted molar refractivity (Wildman–Crippen MR) is 88.9 cm³/mol. The number of nitrogens with one attached hydrogen (secondary N) is 1. The van der Waals surface area contributed by atoms with Crippen LogP contribution in [0.25, 0.3) is 0 Å². The van der Waals surface area contributed by atoms with E-state index in [2.05, 4.69) is 36.6 Å². The van der Waals surface area contributed by atoms with E-state index < -0.39 is 10.0 Å². The van der Waals surface area contributed by atoms with Gasteiger partial charge in [-0.2, -0.15) is 0 Å². The van der Waals surface area contributed by atoms with Crippen LogP contribution in [0.5, 0.6) is 5.75 Å². The van der Waals surface area contributed by atoms with E-state index in [0.29, 0.717) is 10.2 Å². The van der Waals surface area contributed by atoms with Crippen molar-refractivity contribution in [2.75, 3.05) is 7.11 Å². The van der Waals surface area contributed by atoms with E-state index in [-0.39, 0.29) is 11.4 Å². The van der Waals surface area contributed by atoms with Crippen LogP contribution in [0.2, 0.25) is 0 Å². The highest BCUT2D eigenvalue weighted by atomic mass is 79.9. The van der Waals surface area contributed by atoms with Crippen LogP contribution in [0.15, 0.2) is 56.3 Å². The second-order valence-electron chi connectivity index (χ2n) is 4.25. The Morgan fingerprint density at radius 2 is 1.90 bits per heavy atom. The van der Waals surface area contributed by atoms with Gasteiger partial charge in [-0.3, -0.25) is 0 Å². The van der Waals surface area contributed by atoms with E-state index in [0.717, 1.165) is 10.0 Å². The van der Waals surface area contributed by atoms with E-state index in [1.54, 1.807) is 6.07 Å². The average Bonchev–Trinajstić information content (AvgIpc) is 2.45. The Morgan fingerprint density at radius 1 is 1.14 bits per heavy atom. The fraction of sp³-hybridized carbons (Fsp3) is 0.143. The number of ether oxygens (including phenoxy) is 1. The summed E-state index contributed by atoms with van der Waals surface area (Å²) in [5, 5.41) is 0. The van der Waals surface area contributed by atoms with E-state index in [9.17, 15) is 8.42 Å². The highest BCUT2D eigenvalue weighted by Gasteiger charge is 2.15. The van der Waals surface area contributed by atoms with Crippen LogP contribution >= 0.6 is 31.9 Å². The van der Waals surface area contributed by atoms with Gasteiger partial charge in [-0.25, -0.2) is 13.1 Å². The first-order chi connectivity index (χ1) is 9.92. The van der Waals surface area contributed by atoms with Gasteiger partial charge in [0.1, 0.15) is 5.75 Å². The summed E-state index contributed by atoms with van der Waals surface area (Å²) < 4.78 is 33.7. The minimum Gasteiger partial charge on any atom is -0.496 e. The molecule has 0 amide bonds. The van der Waals surface area contributed by atoms with Crippen LogP contribution < -0.4 is 9.46 Å². The quantitative estimate of drug-likeness (QED) is 0.780. The molecule has 2 aromatic rings. The molecule has 0 bridgehead atoms. The highest BCUT2D eigenvalue weighted by molar-refractivity contribution is 9.10. The molecule has 112 valence electrons. The van der Waals surface area contributed by atoms with Crippen molar-refractivity contribution in [3.8, 4) is 5.75 Å². The van der Waals surface area contributed by atoms with Gasteiger partial charge in [0.05, 0.1) is 16.5 Å². The molecule has 0 fully saturated rings. The van der Waals surface area contributed by atoms with Gasteiger partial charge in [0.25, 0.3) is 0 Å². The van der Waals surface area contributed by atoms with Gasteiger partial charge >= 0.3 is 0 Å². The Kier molecular flexibility index (Phi) is 5.43. The third-order valence-corrected chi connectivity index (χ3v) is 5.30. The van der Waals surface area contributed by atoms with Gasteiger partial charge in [0, 0.05) is 11.0 Å². The molecular weight excluding hydrogens is 422 g/mol. The Bertz CT molecular complexity index is 748. The lowest BCUT2D eigenvalue weighted by Crippen LogP contribution is -2.23. The fourth-order valence-electron chi connectivity index (χ4n) is 1.72. The maximum atomic E-state index is 12.3. The fourth-order valence-corrected chi connectivity index (χ4v) is 3.91. The van der Waals surface area contributed by atoms with Crippen molar-refractivity contribution < 1.29 is 13.2 Å². The second kappa shape index (κ2) is 6.91. The van der Waals surface area contributed by atoms with Crippen molar-refractivity contribution in [1.29, 1.82) is 0 Å². The van der Waals surface area contributed by atoms with Crippen LogP contribution in [0.3, 0.4) is 0 Å². The van der Waals surface area contributed by atoms with Crippen LogP contribution in [-0.2, 0) is 16.6 Å². The Morgan fingerprint density at radius 3 is 2.52 bits per heavy atom. The van der Waals surface area contributed by atoms with Gasteiger partial charge in [-0.15, -0.1) is 0 Å². The average molecular weight is 435 g/mol. The maximum absolute atomic E-state index is 12.3. The number of sulfonamides is 1. The molecule has 0 aromatic heterocycles. The molecule has 2 rings (SSSR count). The summed E-state index contributed by atoms with van der Waals surface area (Å²) in [5.74, 6) is 0.584. The third kappa shape index (κ3) is 4.29. The zero-order valence-electron chi connectivity index (χ0n) is 11.1. The molecule has 0 saturated carbocycles. The van der Waals surface area contributed by atoms with Gasteiger partial charge in [-0.05, 0) is 51.8 Å². The van der Waals surface area contributed by atoms with Crippen LogP contribution in [0.1, 0.15) is 5.56 Å². The third-order valence-electron chi connectivity index (χ3n) is 2.79. The molecule has 0 aliphatic rings. The summed E-state index contributed by atoms with van der Waals surface area (Å²) in [6.45, 7) is 0.228. The largest absolute Gasteiger partial charge is 0.496 e. The summed E-state index contributed by atoms with van der Waals surface area (Å²) in [5.41, 5.74) is 0.875. The number of hydrogen-bond donors (Lipinski definition) is 1. The molecule has 0 unspecified atom stereocenters. The molecule has 0 aliphatic heterocycles. The molecule has 0 heterocycles.